The van der Waals surface area contributed by atoms with E-state index in [-0.39, 0.29) is 17.1 Å². The smallest absolute Gasteiger partial charge is 0.197 e. The SMILES string of the molecule is O=C1C=NC2=NC=CC(=O)C2=C1. The molecule has 0 fully saturated rings. The van der Waals surface area contributed by atoms with Crippen molar-refractivity contribution < 1.29 is 9.59 Å². The van der Waals surface area contributed by atoms with Crippen molar-refractivity contribution in [3.63, 3.8) is 0 Å². The Morgan fingerprint density at radius 3 is 2.92 bits per heavy atom. The predicted octanol–water partition coefficient (Wildman–Crippen LogP) is 0.0612. The van der Waals surface area contributed by atoms with E-state index in [0.717, 1.165) is 6.21 Å². The van der Waals surface area contributed by atoms with Crippen molar-refractivity contribution >= 4 is 23.6 Å². The molecule has 4 nitrogen and oxygen atoms in total. The number of aliphatic imine (C=N–C) groups is 2. The topological polar surface area (TPSA) is 58.9 Å². The molecular weight excluding hydrogens is 156 g/mol. The molecule has 0 unspecified atom stereocenters. The van der Waals surface area contributed by atoms with Crippen LogP contribution in [0.5, 0.6) is 0 Å². The van der Waals surface area contributed by atoms with Gasteiger partial charge in [0, 0.05) is 18.4 Å². The summed E-state index contributed by atoms with van der Waals surface area (Å²) in [5, 5.41) is 0. The average Bonchev–Trinajstić information content (AvgIpc) is 2.07. The number of amidine groups is 1. The fourth-order valence-electron chi connectivity index (χ4n) is 0.988. The second-order valence-corrected chi connectivity index (χ2v) is 2.35. The quantitative estimate of drug-likeness (QED) is 0.503. The van der Waals surface area contributed by atoms with Gasteiger partial charge in [0.05, 0.1) is 11.8 Å². The van der Waals surface area contributed by atoms with Gasteiger partial charge in [-0.3, -0.25) is 9.59 Å². The summed E-state index contributed by atoms with van der Waals surface area (Å²) in [7, 11) is 0. The minimum atomic E-state index is -0.271. The van der Waals surface area contributed by atoms with Gasteiger partial charge >= 0.3 is 0 Å². The van der Waals surface area contributed by atoms with Crippen LogP contribution in [0, 0.1) is 0 Å². The average molecular weight is 160 g/mol. The number of carbonyl (C=O) groups excluding carboxylic acids is 2. The van der Waals surface area contributed by atoms with Gasteiger partial charge in [-0.25, -0.2) is 9.98 Å². The number of fused-ring (bicyclic) bond motifs is 1. The van der Waals surface area contributed by atoms with E-state index >= 15 is 0 Å². The Kier molecular flexibility index (Phi) is 1.33. The third-order valence-electron chi connectivity index (χ3n) is 1.53. The maximum Gasteiger partial charge on any atom is 0.197 e. The molecule has 0 saturated heterocycles. The monoisotopic (exact) mass is 160 g/mol. The Bertz CT molecular complexity index is 386. The summed E-state index contributed by atoms with van der Waals surface area (Å²) in [5.74, 6) is -0.167. The second-order valence-electron chi connectivity index (χ2n) is 2.35. The molecule has 2 heterocycles. The van der Waals surface area contributed by atoms with E-state index in [2.05, 4.69) is 9.98 Å². The lowest BCUT2D eigenvalue weighted by Gasteiger charge is -2.08. The molecule has 2 aliphatic rings. The van der Waals surface area contributed by atoms with Crippen LogP contribution >= 0.6 is 0 Å². The van der Waals surface area contributed by atoms with Crippen LogP contribution in [0.4, 0.5) is 0 Å². The van der Waals surface area contributed by atoms with Gasteiger partial charge in [0.15, 0.2) is 17.4 Å². The molecule has 2 rings (SSSR count). The minimum Gasteiger partial charge on any atom is -0.289 e. The Balaban J connectivity index is 2.53. The van der Waals surface area contributed by atoms with E-state index in [0.29, 0.717) is 5.84 Å². The summed E-state index contributed by atoms with van der Waals surface area (Å²) in [6.45, 7) is 0. The maximum atomic E-state index is 11.1. The van der Waals surface area contributed by atoms with E-state index in [4.69, 9.17) is 0 Å². The van der Waals surface area contributed by atoms with Gasteiger partial charge in [-0.1, -0.05) is 0 Å². The molecule has 0 spiro atoms. The van der Waals surface area contributed by atoms with Crippen LogP contribution in [0.3, 0.4) is 0 Å². The van der Waals surface area contributed by atoms with E-state index in [1.807, 2.05) is 0 Å². The van der Waals surface area contributed by atoms with Crippen molar-refractivity contribution in [1.82, 2.24) is 0 Å². The number of nitrogens with zero attached hydrogens (tertiary/aromatic N) is 2. The van der Waals surface area contributed by atoms with Crippen molar-refractivity contribution in [1.29, 1.82) is 0 Å². The number of rotatable bonds is 0. The molecule has 58 valence electrons. The van der Waals surface area contributed by atoms with Crippen LogP contribution in [-0.2, 0) is 9.59 Å². The van der Waals surface area contributed by atoms with Gasteiger partial charge in [0.1, 0.15) is 0 Å². The fraction of sp³-hybridized carbons (Fsp3) is 0. The zero-order chi connectivity index (χ0) is 8.55. The second kappa shape index (κ2) is 2.34. The van der Waals surface area contributed by atoms with Crippen LogP contribution in [0.2, 0.25) is 0 Å². The zero-order valence-corrected chi connectivity index (χ0v) is 6.02. The Labute approximate surface area is 68.0 Å². The predicted molar refractivity (Wildman–Crippen MR) is 43.2 cm³/mol. The highest BCUT2D eigenvalue weighted by atomic mass is 16.1. The fourth-order valence-corrected chi connectivity index (χ4v) is 0.988. The van der Waals surface area contributed by atoms with E-state index < -0.39 is 0 Å². The minimum absolute atomic E-state index is 0.217. The molecule has 2 aliphatic heterocycles. The first-order valence-corrected chi connectivity index (χ1v) is 3.36. The van der Waals surface area contributed by atoms with Gasteiger partial charge in [-0.2, -0.15) is 0 Å². The van der Waals surface area contributed by atoms with Gasteiger partial charge < -0.3 is 0 Å². The van der Waals surface area contributed by atoms with Gasteiger partial charge in [0.25, 0.3) is 0 Å². The standard InChI is InChI=1S/C8H4N2O2/c11-5-3-6-7(12)1-2-9-8(6)10-4-5/h1-4H. The summed E-state index contributed by atoms with van der Waals surface area (Å²) in [4.78, 5) is 29.5. The highest BCUT2D eigenvalue weighted by Crippen LogP contribution is 2.11. The molecule has 0 aromatic carbocycles. The Hall–Kier alpha value is -1.84. The molecule has 0 bridgehead atoms. The molecule has 0 aromatic rings. The van der Waals surface area contributed by atoms with Crippen LogP contribution in [0.1, 0.15) is 0 Å². The van der Waals surface area contributed by atoms with Gasteiger partial charge in [-0.05, 0) is 0 Å². The summed E-state index contributed by atoms with van der Waals surface area (Å²) in [6, 6.07) is 0. The lowest BCUT2D eigenvalue weighted by molar-refractivity contribution is -0.112. The molecule has 4 heteroatoms. The summed E-state index contributed by atoms with van der Waals surface area (Å²) in [6.07, 6.45) is 5.08. The molecule has 0 radical (unpaired) electrons. The molecule has 0 aromatic heterocycles. The lowest BCUT2D eigenvalue weighted by atomic mass is 10.1. The number of hydrogen-bond acceptors (Lipinski definition) is 4. The molecule has 0 N–H and O–H groups in total. The van der Waals surface area contributed by atoms with E-state index in [1.165, 1.54) is 18.4 Å². The highest BCUT2D eigenvalue weighted by molar-refractivity contribution is 6.43. The first-order valence-electron chi connectivity index (χ1n) is 3.36. The highest BCUT2D eigenvalue weighted by Gasteiger charge is 2.19. The third kappa shape index (κ3) is 0.934. The number of carbonyl (C=O) groups is 2. The maximum absolute atomic E-state index is 11.1. The number of allylic oxidation sites excluding steroid dienone is 2. The van der Waals surface area contributed by atoms with Crippen LogP contribution in [0.15, 0.2) is 33.9 Å². The molecule has 0 aliphatic carbocycles. The van der Waals surface area contributed by atoms with Crippen molar-refractivity contribution in [2.45, 2.75) is 0 Å². The van der Waals surface area contributed by atoms with Crippen molar-refractivity contribution in [2.75, 3.05) is 0 Å². The van der Waals surface area contributed by atoms with E-state index in [1.54, 1.807) is 0 Å². The third-order valence-corrected chi connectivity index (χ3v) is 1.53. The number of ketones is 2. The van der Waals surface area contributed by atoms with Gasteiger partial charge in [-0.15, -0.1) is 0 Å². The molecule has 0 saturated carbocycles. The van der Waals surface area contributed by atoms with Crippen molar-refractivity contribution in [3.05, 3.63) is 23.9 Å². The van der Waals surface area contributed by atoms with Gasteiger partial charge in [0.2, 0.25) is 0 Å². The normalized spacial score (nSPS) is 20.3. The van der Waals surface area contributed by atoms with Crippen molar-refractivity contribution in [3.8, 4) is 0 Å². The summed E-state index contributed by atoms with van der Waals surface area (Å²) >= 11 is 0. The lowest BCUT2D eigenvalue weighted by Crippen LogP contribution is -2.18. The first-order chi connectivity index (χ1) is 5.77. The largest absolute Gasteiger partial charge is 0.289 e. The molecule has 0 amide bonds. The zero-order valence-electron chi connectivity index (χ0n) is 6.02. The Morgan fingerprint density at radius 2 is 2.08 bits per heavy atom. The summed E-state index contributed by atoms with van der Waals surface area (Å²) in [5.41, 5.74) is 0.282. The molecular formula is C8H4N2O2. The first kappa shape index (κ1) is 6.84. The van der Waals surface area contributed by atoms with E-state index in [9.17, 15) is 9.59 Å². The van der Waals surface area contributed by atoms with Crippen LogP contribution in [0.25, 0.3) is 0 Å². The van der Waals surface area contributed by atoms with Crippen molar-refractivity contribution in [2.24, 2.45) is 9.98 Å². The Morgan fingerprint density at radius 1 is 1.25 bits per heavy atom. The van der Waals surface area contributed by atoms with Crippen LogP contribution in [-0.4, -0.2) is 23.6 Å². The summed E-state index contributed by atoms with van der Waals surface area (Å²) < 4.78 is 0. The molecule has 0 atom stereocenters. The number of hydrogen-bond donors (Lipinski definition) is 0. The van der Waals surface area contributed by atoms with Crippen LogP contribution < -0.4 is 0 Å². The molecule has 12 heavy (non-hydrogen) atoms. The number of dihydropyridines is 1.